The Bertz CT molecular complexity index is 436. The molecule has 1 fully saturated rings. The van der Waals surface area contributed by atoms with E-state index in [-0.39, 0.29) is 11.9 Å². The van der Waals surface area contributed by atoms with Crippen LogP contribution in [0.5, 0.6) is 0 Å². The first-order chi connectivity index (χ1) is 8.56. The second-order valence-corrected chi connectivity index (χ2v) is 6.72. The number of ether oxygens (including phenoxy) is 1. The zero-order chi connectivity index (χ0) is 13.1. The van der Waals surface area contributed by atoms with Crippen LogP contribution in [0.2, 0.25) is 8.67 Å². The van der Waals surface area contributed by atoms with Gasteiger partial charge in [-0.3, -0.25) is 9.69 Å². The van der Waals surface area contributed by atoms with Gasteiger partial charge in [0.05, 0.1) is 22.5 Å². The van der Waals surface area contributed by atoms with Crippen molar-refractivity contribution >= 4 is 40.3 Å². The fraction of sp³-hybridized carbons (Fsp3) is 0.583. The molecule has 0 bridgehead atoms. The predicted molar refractivity (Wildman–Crippen MR) is 75.1 cm³/mol. The van der Waals surface area contributed by atoms with Crippen LogP contribution in [0.1, 0.15) is 23.7 Å². The largest absolute Gasteiger partial charge is 0.377 e. The minimum atomic E-state index is 0.0252. The minimum Gasteiger partial charge on any atom is -0.377 e. The van der Waals surface area contributed by atoms with E-state index in [1.165, 1.54) is 11.3 Å². The molecule has 18 heavy (non-hydrogen) atoms. The Balaban J connectivity index is 2.00. The zero-order valence-electron chi connectivity index (χ0n) is 10.1. The molecule has 0 amide bonds. The zero-order valence-corrected chi connectivity index (χ0v) is 12.4. The van der Waals surface area contributed by atoms with Gasteiger partial charge in [0.25, 0.3) is 0 Å². The first-order valence-corrected chi connectivity index (χ1v) is 7.45. The Labute approximate surface area is 121 Å². The lowest BCUT2D eigenvalue weighted by molar-refractivity contribution is 0.0657. The lowest BCUT2D eigenvalue weighted by Gasteiger charge is -2.20. The smallest absolute Gasteiger partial charge is 0.179 e. The molecule has 1 atom stereocenters. The normalized spacial score (nSPS) is 21.8. The van der Waals surface area contributed by atoms with Crippen LogP contribution < -0.4 is 0 Å². The van der Waals surface area contributed by atoms with Gasteiger partial charge in [0.15, 0.2) is 5.78 Å². The van der Waals surface area contributed by atoms with E-state index in [0.717, 1.165) is 26.1 Å². The van der Waals surface area contributed by atoms with Crippen LogP contribution in [0.25, 0.3) is 0 Å². The van der Waals surface area contributed by atoms with E-state index in [9.17, 15) is 4.79 Å². The molecule has 1 aliphatic rings. The molecule has 0 aromatic carbocycles. The summed E-state index contributed by atoms with van der Waals surface area (Å²) in [7, 11) is 0. The van der Waals surface area contributed by atoms with Crippen molar-refractivity contribution in [2.45, 2.75) is 19.4 Å². The molecule has 1 aliphatic heterocycles. The Morgan fingerprint density at radius 1 is 1.61 bits per heavy atom. The van der Waals surface area contributed by atoms with Crippen LogP contribution in [0.4, 0.5) is 0 Å². The summed E-state index contributed by atoms with van der Waals surface area (Å²) >= 11 is 13.1. The van der Waals surface area contributed by atoms with Crippen LogP contribution >= 0.6 is 34.5 Å². The summed E-state index contributed by atoms with van der Waals surface area (Å²) in [6.45, 7) is 4.82. The van der Waals surface area contributed by atoms with Gasteiger partial charge in [-0.05, 0) is 19.4 Å². The monoisotopic (exact) mass is 307 g/mol. The van der Waals surface area contributed by atoms with Gasteiger partial charge in [0, 0.05) is 19.7 Å². The van der Waals surface area contributed by atoms with E-state index in [0.29, 0.717) is 20.8 Å². The first kappa shape index (κ1) is 14.3. The van der Waals surface area contributed by atoms with E-state index in [1.807, 2.05) is 6.92 Å². The molecule has 0 N–H and O–H groups in total. The molecule has 1 aromatic heterocycles. The van der Waals surface area contributed by atoms with Gasteiger partial charge < -0.3 is 4.74 Å². The van der Waals surface area contributed by atoms with Crippen LogP contribution in [-0.2, 0) is 4.74 Å². The lowest BCUT2D eigenvalue weighted by Crippen LogP contribution is -2.34. The molecule has 1 aromatic rings. The molecular formula is C12H15Cl2NO2S. The van der Waals surface area contributed by atoms with Crippen LogP contribution in [0.15, 0.2) is 6.07 Å². The highest BCUT2D eigenvalue weighted by atomic mass is 35.5. The molecule has 6 heteroatoms. The van der Waals surface area contributed by atoms with Crippen molar-refractivity contribution in [3.05, 3.63) is 20.3 Å². The second-order valence-electron chi connectivity index (χ2n) is 4.43. The topological polar surface area (TPSA) is 29.5 Å². The number of hydrogen-bond acceptors (Lipinski definition) is 4. The Morgan fingerprint density at radius 3 is 3.06 bits per heavy atom. The molecule has 1 saturated heterocycles. The van der Waals surface area contributed by atoms with Gasteiger partial charge in [0.1, 0.15) is 4.34 Å². The summed E-state index contributed by atoms with van der Waals surface area (Å²) in [4.78, 5) is 14.3. The highest BCUT2D eigenvalue weighted by molar-refractivity contribution is 7.20. The second kappa shape index (κ2) is 6.35. The fourth-order valence-corrected chi connectivity index (χ4v) is 3.54. The summed E-state index contributed by atoms with van der Waals surface area (Å²) in [6, 6.07) is 1.65. The summed E-state index contributed by atoms with van der Waals surface area (Å²) in [6.07, 6.45) is 1.12. The summed E-state index contributed by atoms with van der Waals surface area (Å²) < 4.78 is 6.58. The van der Waals surface area contributed by atoms with Crippen molar-refractivity contribution in [3.63, 3.8) is 0 Å². The van der Waals surface area contributed by atoms with E-state index >= 15 is 0 Å². The van der Waals surface area contributed by atoms with Gasteiger partial charge in [0.2, 0.25) is 0 Å². The highest BCUT2D eigenvalue weighted by Gasteiger charge is 2.20. The maximum absolute atomic E-state index is 12.1. The van der Waals surface area contributed by atoms with Gasteiger partial charge in [-0.2, -0.15) is 0 Å². The third kappa shape index (κ3) is 3.68. The number of carbonyl (C=O) groups excluding carboxylic acids is 1. The van der Waals surface area contributed by atoms with Gasteiger partial charge in [-0.15, -0.1) is 11.3 Å². The van der Waals surface area contributed by atoms with E-state index < -0.39 is 0 Å². The number of thiophene rings is 1. The molecule has 0 saturated carbocycles. The highest BCUT2D eigenvalue weighted by Crippen LogP contribution is 2.31. The molecule has 1 unspecified atom stereocenters. The Kier molecular flexibility index (Phi) is 5.04. The molecule has 0 aliphatic carbocycles. The standard InChI is InChI=1S/C12H15Cl2NO2S/c1-8-6-15(3-2-4-17-8)7-10(16)9-5-11(13)18-12(9)14/h5,8H,2-4,6-7H2,1H3. The van der Waals surface area contributed by atoms with E-state index in [2.05, 4.69) is 4.90 Å². The quantitative estimate of drug-likeness (QED) is 0.802. The number of ketones is 1. The van der Waals surface area contributed by atoms with Crippen molar-refractivity contribution in [3.8, 4) is 0 Å². The van der Waals surface area contributed by atoms with Crippen LogP contribution in [-0.4, -0.2) is 43.0 Å². The fourth-order valence-electron chi connectivity index (χ4n) is 2.04. The van der Waals surface area contributed by atoms with Gasteiger partial charge >= 0.3 is 0 Å². The lowest BCUT2D eigenvalue weighted by atomic mass is 10.2. The summed E-state index contributed by atoms with van der Waals surface area (Å²) in [5.74, 6) is 0.0252. The third-order valence-corrected chi connectivity index (χ3v) is 4.35. The Morgan fingerprint density at radius 2 is 2.39 bits per heavy atom. The predicted octanol–water partition coefficient (Wildman–Crippen LogP) is 3.35. The van der Waals surface area contributed by atoms with Gasteiger partial charge in [-0.25, -0.2) is 0 Å². The summed E-state index contributed by atoms with van der Waals surface area (Å²) in [5, 5.41) is 0. The number of halogens is 2. The molecule has 2 rings (SSSR count). The number of hydrogen-bond donors (Lipinski definition) is 0. The van der Waals surface area contributed by atoms with Crippen molar-refractivity contribution in [1.82, 2.24) is 4.90 Å². The number of Topliss-reactive ketones (excluding diaryl/α,β-unsaturated/α-hetero) is 1. The molecule has 100 valence electrons. The third-order valence-electron chi connectivity index (χ3n) is 2.86. The first-order valence-electron chi connectivity index (χ1n) is 5.88. The number of nitrogens with zero attached hydrogens (tertiary/aromatic N) is 1. The average Bonchev–Trinajstić information content (AvgIpc) is 2.50. The van der Waals surface area contributed by atoms with Crippen LogP contribution in [0, 0.1) is 0 Å². The molecule has 2 heterocycles. The Hall–Kier alpha value is -0.130. The molecule has 0 radical (unpaired) electrons. The maximum atomic E-state index is 12.1. The average molecular weight is 308 g/mol. The molecule has 0 spiro atoms. The SMILES string of the molecule is CC1CN(CC(=O)c2cc(Cl)sc2Cl)CCCO1. The number of rotatable bonds is 3. The van der Waals surface area contributed by atoms with E-state index in [4.69, 9.17) is 27.9 Å². The molecule has 3 nitrogen and oxygen atoms in total. The molecular weight excluding hydrogens is 293 g/mol. The van der Waals surface area contributed by atoms with Crippen molar-refractivity contribution in [2.75, 3.05) is 26.2 Å². The van der Waals surface area contributed by atoms with Crippen LogP contribution in [0.3, 0.4) is 0 Å². The van der Waals surface area contributed by atoms with Crippen molar-refractivity contribution in [1.29, 1.82) is 0 Å². The minimum absolute atomic E-state index is 0.0252. The van der Waals surface area contributed by atoms with Crippen molar-refractivity contribution < 1.29 is 9.53 Å². The van der Waals surface area contributed by atoms with Crippen molar-refractivity contribution in [2.24, 2.45) is 0 Å². The van der Waals surface area contributed by atoms with Gasteiger partial charge in [-0.1, -0.05) is 23.2 Å². The van der Waals surface area contributed by atoms with E-state index in [1.54, 1.807) is 6.07 Å². The maximum Gasteiger partial charge on any atom is 0.179 e. The summed E-state index contributed by atoms with van der Waals surface area (Å²) in [5.41, 5.74) is 0.532. The number of carbonyl (C=O) groups is 1.